The zero-order chi connectivity index (χ0) is 29.1. The van der Waals surface area contributed by atoms with Crippen LogP contribution in [0.15, 0.2) is 121 Å². The lowest BCUT2D eigenvalue weighted by atomic mass is 10.1. The highest BCUT2D eigenvalue weighted by molar-refractivity contribution is 6.23. The van der Waals surface area contributed by atoms with E-state index in [1.807, 2.05) is 97.1 Å². The molecule has 0 saturated heterocycles. The molecule has 0 unspecified atom stereocenters. The predicted octanol–water partition coefficient (Wildman–Crippen LogP) is 7.20. The van der Waals surface area contributed by atoms with Crippen molar-refractivity contribution in [2.45, 2.75) is 0 Å². The summed E-state index contributed by atoms with van der Waals surface area (Å²) in [5.74, 6) is 1.09. The Kier molecular flexibility index (Phi) is 5.52. The van der Waals surface area contributed by atoms with Gasteiger partial charge in [0.15, 0.2) is 17.5 Å². The third-order valence-electron chi connectivity index (χ3n) is 7.97. The van der Waals surface area contributed by atoms with Crippen LogP contribution in [0.2, 0.25) is 0 Å². The number of nitrogens with zero attached hydrogens (tertiary/aromatic N) is 5. The van der Waals surface area contributed by atoms with Gasteiger partial charge in [0.05, 0.1) is 27.8 Å². The van der Waals surface area contributed by atoms with Gasteiger partial charge in [-0.1, -0.05) is 97.1 Å². The smallest absolute Gasteiger partial charge is 0.263 e. The van der Waals surface area contributed by atoms with Crippen LogP contribution in [0.5, 0.6) is 0 Å². The number of imide groups is 1. The monoisotopic (exact) mass is 557 g/mol. The Labute approximate surface area is 246 Å². The molecule has 0 aliphatic carbocycles. The van der Waals surface area contributed by atoms with Gasteiger partial charge in [-0.2, -0.15) is 0 Å². The summed E-state index contributed by atoms with van der Waals surface area (Å²) in [5.41, 5.74) is 5.88. The first-order valence-electron chi connectivity index (χ1n) is 13.9. The Bertz CT molecular complexity index is 2180. The first-order chi connectivity index (χ1) is 21.1. The number of para-hydroxylation sites is 1. The first-order valence-corrected chi connectivity index (χ1v) is 13.9. The van der Waals surface area contributed by atoms with Crippen molar-refractivity contribution < 1.29 is 9.59 Å². The molecule has 2 aromatic heterocycles. The fraction of sp³-hybridized carbons (Fsp3) is 0.0278. The molecular weight excluding hydrogens is 534 g/mol. The van der Waals surface area contributed by atoms with E-state index >= 15 is 0 Å². The van der Waals surface area contributed by atoms with Crippen LogP contribution in [0.1, 0.15) is 20.7 Å². The quantitative estimate of drug-likeness (QED) is 0.214. The molecule has 0 fully saturated rings. The fourth-order valence-corrected chi connectivity index (χ4v) is 5.88. The van der Waals surface area contributed by atoms with Gasteiger partial charge in [-0.25, -0.2) is 15.0 Å². The highest BCUT2D eigenvalue weighted by Gasteiger charge is 2.35. The second-order valence-electron chi connectivity index (χ2n) is 10.5. The van der Waals surface area contributed by atoms with E-state index in [0.717, 1.165) is 38.5 Å². The lowest BCUT2D eigenvalue weighted by Crippen LogP contribution is -2.24. The number of benzene rings is 5. The van der Waals surface area contributed by atoms with E-state index in [9.17, 15) is 9.59 Å². The van der Waals surface area contributed by atoms with E-state index in [0.29, 0.717) is 34.3 Å². The average Bonchev–Trinajstić information content (AvgIpc) is 3.52. The SMILES string of the molecule is CN1C(=O)c2cccc(-n3c4ccccc4c4ccc(-c5nc(-c6ccccc6)nc(-c6ccccc6)n5)cc43)c2C1=O. The molecule has 5 aromatic carbocycles. The molecule has 2 amide bonds. The second-order valence-corrected chi connectivity index (χ2v) is 10.5. The molecular formula is C36H23N5O2. The molecule has 7 aromatic rings. The molecule has 7 nitrogen and oxygen atoms in total. The molecule has 0 radical (unpaired) electrons. The highest BCUT2D eigenvalue weighted by Crippen LogP contribution is 2.37. The summed E-state index contributed by atoms with van der Waals surface area (Å²) in [7, 11) is 1.52. The summed E-state index contributed by atoms with van der Waals surface area (Å²) < 4.78 is 2.06. The molecule has 204 valence electrons. The van der Waals surface area contributed by atoms with Gasteiger partial charge in [-0.15, -0.1) is 0 Å². The van der Waals surface area contributed by atoms with Gasteiger partial charge in [0.25, 0.3) is 11.8 Å². The zero-order valence-corrected chi connectivity index (χ0v) is 23.1. The molecule has 0 saturated carbocycles. The fourth-order valence-electron chi connectivity index (χ4n) is 5.88. The van der Waals surface area contributed by atoms with E-state index < -0.39 is 0 Å². The van der Waals surface area contributed by atoms with Gasteiger partial charge in [-0.05, 0) is 24.3 Å². The van der Waals surface area contributed by atoms with Crippen molar-refractivity contribution in [3.63, 3.8) is 0 Å². The summed E-state index contributed by atoms with van der Waals surface area (Å²) in [5, 5.41) is 2.06. The van der Waals surface area contributed by atoms with Crippen molar-refractivity contribution >= 4 is 33.6 Å². The van der Waals surface area contributed by atoms with Crippen LogP contribution in [-0.4, -0.2) is 43.3 Å². The Morgan fingerprint density at radius 3 is 1.77 bits per heavy atom. The molecule has 1 aliphatic heterocycles. The van der Waals surface area contributed by atoms with Crippen molar-refractivity contribution in [2.75, 3.05) is 7.05 Å². The van der Waals surface area contributed by atoms with E-state index in [1.165, 1.54) is 11.9 Å². The van der Waals surface area contributed by atoms with Crippen LogP contribution in [0.4, 0.5) is 0 Å². The van der Waals surface area contributed by atoms with E-state index in [4.69, 9.17) is 15.0 Å². The van der Waals surface area contributed by atoms with Gasteiger partial charge in [0.2, 0.25) is 0 Å². The van der Waals surface area contributed by atoms with Gasteiger partial charge in [-0.3, -0.25) is 14.5 Å². The van der Waals surface area contributed by atoms with Crippen LogP contribution in [0.3, 0.4) is 0 Å². The topological polar surface area (TPSA) is 81.0 Å². The van der Waals surface area contributed by atoms with Crippen molar-refractivity contribution in [3.8, 4) is 39.9 Å². The third kappa shape index (κ3) is 3.86. The maximum Gasteiger partial charge on any atom is 0.263 e. The number of aromatic nitrogens is 4. The van der Waals surface area contributed by atoms with Crippen molar-refractivity contribution in [1.29, 1.82) is 0 Å². The largest absolute Gasteiger partial charge is 0.308 e. The number of carbonyl (C=O) groups is 2. The molecule has 0 spiro atoms. The summed E-state index contributed by atoms with van der Waals surface area (Å²) >= 11 is 0. The summed E-state index contributed by atoms with van der Waals surface area (Å²) in [6, 6.07) is 39.4. The molecule has 3 heterocycles. The lowest BCUT2D eigenvalue weighted by Gasteiger charge is -2.12. The lowest BCUT2D eigenvalue weighted by molar-refractivity contribution is 0.0693. The highest BCUT2D eigenvalue weighted by atomic mass is 16.2. The summed E-state index contributed by atoms with van der Waals surface area (Å²) in [6.45, 7) is 0. The number of hydrogen-bond donors (Lipinski definition) is 0. The van der Waals surface area contributed by atoms with Gasteiger partial charge in [0.1, 0.15) is 0 Å². The van der Waals surface area contributed by atoms with Crippen LogP contribution in [0.25, 0.3) is 61.7 Å². The molecule has 1 aliphatic rings. The van der Waals surface area contributed by atoms with E-state index in [1.54, 1.807) is 6.07 Å². The Morgan fingerprint density at radius 1 is 0.512 bits per heavy atom. The number of carbonyl (C=O) groups excluding carboxylic acids is 2. The minimum absolute atomic E-state index is 0.296. The summed E-state index contributed by atoms with van der Waals surface area (Å²) in [4.78, 5) is 42.0. The van der Waals surface area contributed by atoms with Crippen molar-refractivity contribution in [3.05, 3.63) is 132 Å². The van der Waals surface area contributed by atoms with Crippen LogP contribution in [-0.2, 0) is 0 Å². The standard InChI is InChI=1S/C36H23N5O2/c1-40-35(42)27-16-10-18-29(31(27)36(40)43)41-28-17-9-8-15-25(28)26-20-19-24(21-30(26)41)34-38-32(22-11-4-2-5-12-22)37-33(39-34)23-13-6-3-7-14-23/h2-21H,1H3. The maximum absolute atomic E-state index is 13.3. The number of hydrogen-bond acceptors (Lipinski definition) is 5. The average molecular weight is 558 g/mol. The van der Waals surface area contributed by atoms with Gasteiger partial charge in [0, 0.05) is 34.5 Å². The predicted molar refractivity (Wildman–Crippen MR) is 167 cm³/mol. The number of amides is 2. The number of rotatable bonds is 4. The van der Waals surface area contributed by atoms with Crippen LogP contribution >= 0.6 is 0 Å². The molecule has 0 N–H and O–H groups in total. The Balaban J connectivity index is 1.40. The van der Waals surface area contributed by atoms with E-state index in [2.05, 4.69) is 22.8 Å². The minimum Gasteiger partial charge on any atom is -0.308 e. The molecule has 0 bridgehead atoms. The first kappa shape index (κ1) is 24.8. The maximum atomic E-state index is 13.3. The van der Waals surface area contributed by atoms with Crippen molar-refractivity contribution in [2.24, 2.45) is 0 Å². The molecule has 7 heteroatoms. The molecule has 0 atom stereocenters. The number of fused-ring (bicyclic) bond motifs is 4. The van der Waals surface area contributed by atoms with Crippen LogP contribution in [0, 0.1) is 0 Å². The normalized spacial score (nSPS) is 12.8. The van der Waals surface area contributed by atoms with E-state index in [-0.39, 0.29) is 11.8 Å². The second kappa shape index (κ2) is 9.56. The van der Waals surface area contributed by atoms with Gasteiger partial charge < -0.3 is 4.57 Å². The molecule has 8 rings (SSSR count). The Morgan fingerprint density at radius 2 is 1.09 bits per heavy atom. The third-order valence-corrected chi connectivity index (χ3v) is 7.97. The van der Waals surface area contributed by atoms with Gasteiger partial charge >= 0.3 is 0 Å². The van der Waals surface area contributed by atoms with Crippen molar-refractivity contribution in [1.82, 2.24) is 24.4 Å². The Hall–Kier alpha value is -5.95. The zero-order valence-electron chi connectivity index (χ0n) is 23.1. The minimum atomic E-state index is -0.310. The molecule has 43 heavy (non-hydrogen) atoms. The van der Waals surface area contributed by atoms with Crippen LogP contribution < -0.4 is 0 Å². The summed E-state index contributed by atoms with van der Waals surface area (Å²) in [6.07, 6.45) is 0.